The average molecular weight is 284 g/mol. The normalized spacial score (nSPS) is 12.4. The maximum Gasteiger partial charge on any atom is 0.243 e. The fraction of sp³-hybridized carbons (Fsp3) is 0.571. The first-order valence-electron chi connectivity index (χ1n) is 6.62. The van der Waals surface area contributed by atoms with Crippen molar-refractivity contribution < 1.29 is 8.42 Å². The van der Waals surface area contributed by atoms with E-state index < -0.39 is 10.0 Å². The fourth-order valence-electron chi connectivity index (χ4n) is 1.99. The minimum Gasteiger partial charge on any atom is -0.326 e. The second kappa shape index (κ2) is 6.50. The van der Waals surface area contributed by atoms with Gasteiger partial charge in [0.15, 0.2) is 0 Å². The first-order valence-corrected chi connectivity index (χ1v) is 8.06. The highest BCUT2D eigenvalue weighted by atomic mass is 32.2. The van der Waals surface area contributed by atoms with Crippen LogP contribution in [0.2, 0.25) is 0 Å². The van der Waals surface area contributed by atoms with Crippen LogP contribution in [0.25, 0.3) is 0 Å². The zero-order valence-electron chi connectivity index (χ0n) is 12.2. The smallest absolute Gasteiger partial charge is 0.243 e. The number of rotatable bonds is 6. The molecule has 0 aliphatic heterocycles. The van der Waals surface area contributed by atoms with Crippen molar-refractivity contribution in [1.82, 2.24) is 4.31 Å². The largest absolute Gasteiger partial charge is 0.326 e. The molecule has 0 aliphatic rings. The Kier molecular flexibility index (Phi) is 5.52. The van der Waals surface area contributed by atoms with Crippen LogP contribution in [0.3, 0.4) is 0 Å². The van der Waals surface area contributed by atoms with Gasteiger partial charge in [0.25, 0.3) is 0 Å². The van der Waals surface area contributed by atoms with E-state index in [1.165, 1.54) is 4.31 Å². The van der Waals surface area contributed by atoms with E-state index in [1.54, 1.807) is 6.07 Å². The third-order valence-corrected chi connectivity index (χ3v) is 5.11. The van der Waals surface area contributed by atoms with Crippen LogP contribution in [0.1, 0.15) is 31.9 Å². The van der Waals surface area contributed by atoms with E-state index in [9.17, 15) is 8.42 Å². The summed E-state index contributed by atoms with van der Waals surface area (Å²) in [6, 6.07) is 5.37. The summed E-state index contributed by atoms with van der Waals surface area (Å²) in [4.78, 5) is 0.373. The predicted octanol–water partition coefficient (Wildman–Crippen LogP) is 2.12. The Balaban J connectivity index is 3.24. The van der Waals surface area contributed by atoms with E-state index in [0.717, 1.165) is 11.1 Å². The van der Waals surface area contributed by atoms with Gasteiger partial charge in [0, 0.05) is 19.6 Å². The van der Waals surface area contributed by atoms with E-state index in [4.69, 9.17) is 5.73 Å². The molecule has 1 rings (SSSR count). The summed E-state index contributed by atoms with van der Waals surface area (Å²) in [5.41, 5.74) is 7.19. The van der Waals surface area contributed by atoms with Crippen molar-refractivity contribution in [3.05, 3.63) is 29.3 Å². The fourth-order valence-corrected chi connectivity index (χ4v) is 3.88. The predicted molar refractivity (Wildman–Crippen MR) is 78.3 cm³/mol. The van der Waals surface area contributed by atoms with Gasteiger partial charge < -0.3 is 5.73 Å². The van der Waals surface area contributed by atoms with E-state index in [-0.39, 0.29) is 0 Å². The van der Waals surface area contributed by atoms with Gasteiger partial charge in [-0.05, 0) is 30.0 Å². The zero-order valence-corrected chi connectivity index (χ0v) is 13.0. The van der Waals surface area contributed by atoms with Crippen LogP contribution in [0.4, 0.5) is 0 Å². The third-order valence-electron chi connectivity index (χ3n) is 3.03. The lowest BCUT2D eigenvalue weighted by atomic mass is 10.1. The molecule has 0 saturated carbocycles. The van der Waals surface area contributed by atoms with Crippen molar-refractivity contribution in [3.8, 4) is 0 Å². The van der Waals surface area contributed by atoms with Crippen molar-refractivity contribution in [2.24, 2.45) is 11.7 Å². The Hall–Kier alpha value is -0.910. The summed E-state index contributed by atoms with van der Waals surface area (Å²) in [6.07, 6.45) is 0. The molecule has 0 heterocycles. The number of benzene rings is 1. The number of nitrogens with zero attached hydrogens (tertiary/aromatic N) is 1. The van der Waals surface area contributed by atoms with E-state index >= 15 is 0 Å². The molecular weight excluding hydrogens is 260 g/mol. The van der Waals surface area contributed by atoms with Crippen LogP contribution < -0.4 is 5.73 Å². The first kappa shape index (κ1) is 16.1. The Labute approximate surface area is 116 Å². The monoisotopic (exact) mass is 284 g/mol. The number of nitrogens with two attached hydrogens (primary N) is 1. The first-order chi connectivity index (χ1) is 8.82. The molecule has 19 heavy (non-hydrogen) atoms. The lowest BCUT2D eigenvalue weighted by Gasteiger charge is -2.23. The van der Waals surface area contributed by atoms with Gasteiger partial charge in [-0.3, -0.25) is 0 Å². The number of hydrogen-bond acceptors (Lipinski definition) is 3. The summed E-state index contributed by atoms with van der Waals surface area (Å²) in [6.45, 7) is 9.07. The number of aryl methyl sites for hydroxylation is 1. The highest BCUT2D eigenvalue weighted by Gasteiger charge is 2.25. The van der Waals surface area contributed by atoms with Gasteiger partial charge in [0.2, 0.25) is 10.0 Å². The van der Waals surface area contributed by atoms with Gasteiger partial charge in [-0.1, -0.05) is 32.9 Å². The van der Waals surface area contributed by atoms with Crippen molar-refractivity contribution in [2.75, 3.05) is 13.1 Å². The summed E-state index contributed by atoms with van der Waals surface area (Å²) in [5, 5.41) is 0. The Bertz CT molecular complexity index is 524. The van der Waals surface area contributed by atoms with Crippen molar-refractivity contribution in [2.45, 2.75) is 39.1 Å². The number of sulfonamides is 1. The second-order valence-electron chi connectivity index (χ2n) is 5.15. The van der Waals surface area contributed by atoms with E-state index in [1.807, 2.05) is 39.8 Å². The van der Waals surface area contributed by atoms with Crippen LogP contribution in [0.15, 0.2) is 23.1 Å². The van der Waals surface area contributed by atoms with Crippen LogP contribution in [0.5, 0.6) is 0 Å². The SMILES string of the molecule is CCN(CC(C)C)S(=O)(=O)c1cc(CN)ccc1C. The third kappa shape index (κ3) is 3.78. The molecule has 1 aromatic carbocycles. The lowest BCUT2D eigenvalue weighted by molar-refractivity contribution is 0.380. The van der Waals surface area contributed by atoms with Gasteiger partial charge in [0.1, 0.15) is 0 Å². The van der Waals surface area contributed by atoms with Crippen LogP contribution in [-0.2, 0) is 16.6 Å². The molecule has 5 heteroatoms. The quantitative estimate of drug-likeness (QED) is 0.870. The molecule has 0 aromatic heterocycles. The maximum absolute atomic E-state index is 12.7. The molecule has 0 aliphatic carbocycles. The summed E-state index contributed by atoms with van der Waals surface area (Å²) >= 11 is 0. The van der Waals surface area contributed by atoms with Gasteiger partial charge >= 0.3 is 0 Å². The summed E-state index contributed by atoms with van der Waals surface area (Å²) < 4.78 is 26.9. The molecule has 108 valence electrons. The van der Waals surface area contributed by atoms with Crippen LogP contribution in [-0.4, -0.2) is 25.8 Å². The molecule has 0 fully saturated rings. The molecular formula is C14H24N2O2S. The molecule has 0 unspecified atom stereocenters. The minimum absolute atomic E-state index is 0.299. The van der Waals surface area contributed by atoms with Crippen LogP contribution in [0, 0.1) is 12.8 Å². The summed E-state index contributed by atoms with van der Waals surface area (Å²) in [5.74, 6) is 0.299. The molecule has 4 nitrogen and oxygen atoms in total. The molecule has 2 N–H and O–H groups in total. The molecule has 0 radical (unpaired) electrons. The standard InChI is InChI=1S/C14H24N2O2S/c1-5-16(10-11(2)3)19(17,18)14-8-13(9-15)7-6-12(14)4/h6-8,11H,5,9-10,15H2,1-4H3. The zero-order chi connectivity index (χ0) is 14.6. The van der Waals surface area contributed by atoms with E-state index in [0.29, 0.717) is 30.4 Å². The molecule has 0 spiro atoms. The molecule has 0 amide bonds. The van der Waals surface area contributed by atoms with E-state index in [2.05, 4.69) is 0 Å². The molecule has 1 aromatic rings. The maximum atomic E-state index is 12.7. The van der Waals surface area contributed by atoms with Gasteiger partial charge in [-0.25, -0.2) is 8.42 Å². The highest BCUT2D eigenvalue weighted by Crippen LogP contribution is 2.22. The molecule has 0 saturated heterocycles. The van der Waals surface area contributed by atoms with Crippen molar-refractivity contribution >= 4 is 10.0 Å². The number of hydrogen-bond donors (Lipinski definition) is 1. The van der Waals surface area contributed by atoms with Gasteiger partial charge in [-0.2, -0.15) is 4.31 Å². The van der Waals surface area contributed by atoms with Gasteiger partial charge in [-0.15, -0.1) is 0 Å². The summed E-state index contributed by atoms with van der Waals surface area (Å²) in [7, 11) is -3.43. The minimum atomic E-state index is -3.43. The topological polar surface area (TPSA) is 63.4 Å². The van der Waals surface area contributed by atoms with Crippen LogP contribution >= 0.6 is 0 Å². The lowest BCUT2D eigenvalue weighted by Crippen LogP contribution is -2.34. The van der Waals surface area contributed by atoms with Crippen molar-refractivity contribution in [3.63, 3.8) is 0 Å². The highest BCUT2D eigenvalue weighted by molar-refractivity contribution is 7.89. The molecule has 0 atom stereocenters. The Morgan fingerprint density at radius 1 is 1.32 bits per heavy atom. The molecule has 0 bridgehead atoms. The van der Waals surface area contributed by atoms with Gasteiger partial charge in [0.05, 0.1) is 4.90 Å². The van der Waals surface area contributed by atoms with Crippen molar-refractivity contribution in [1.29, 1.82) is 0 Å². The second-order valence-corrected chi connectivity index (χ2v) is 7.06. The Morgan fingerprint density at radius 3 is 2.42 bits per heavy atom. The Morgan fingerprint density at radius 2 is 1.95 bits per heavy atom. The average Bonchev–Trinajstić information content (AvgIpc) is 2.35.